The number of ether oxygens (including phenoxy) is 2. The van der Waals surface area contributed by atoms with Gasteiger partial charge in [0.05, 0.1) is 13.3 Å². The van der Waals surface area contributed by atoms with Gasteiger partial charge >= 0.3 is 0 Å². The van der Waals surface area contributed by atoms with E-state index in [4.69, 9.17) is 15.2 Å². The molecule has 2 aromatic rings. The van der Waals surface area contributed by atoms with Crippen molar-refractivity contribution in [3.63, 3.8) is 0 Å². The average Bonchev–Trinajstić information content (AvgIpc) is 2.56. The Kier molecular flexibility index (Phi) is 5.91. The molecule has 0 amide bonds. The number of nitrogens with two attached hydrogens (primary N) is 1. The van der Waals surface area contributed by atoms with Gasteiger partial charge in [-0.25, -0.2) is 13.4 Å². The van der Waals surface area contributed by atoms with Crippen molar-refractivity contribution in [3.05, 3.63) is 23.9 Å². The summed E-state index contributed by atoms with van der Waals surface area (Å²) in [6, 6.07) is 3.11. The molecule has 9 heteroatoms. The molecule has 0 aliphatic heterocycles. The van der Waals surface area contributed by atoms with Gasteiger partial charge in [-0.1, -0.05) is 13.8 Å². The Hall–Kier alpha value is -2.55. The third-order valence-corrected chi connectivity index (χ3v) is 4.77. The molecule has 26 heavy (non-hydrogen) atoms. The first-order chi connectivity index (χ1) is 12.2. The molecule has 0 spiro atoms. The number of nitrogens with zero attached hydrogens (tertiary/aromatic N) is 2. The van der Waals surface area contributed by atoms with E-state index in [1.54, 1.807) is 6.07 Å². The minimum atomic E-state index is -3.50. The maximum Gasteiger partial charge on any atom is 0.224 e. The molecule has 3 N–H and O–H groups in total. The van der Waals surface area contributed by atoms with Crippen molar-refractivity contribution in [3.8, 4) is 17.2 Å². The molecule has 0 aliphatic carbocycles. The molecule has 1 aromatic heterocycles. The molecule has 0 fully saturated rings. The van der Waals surface area contributed by atoms with E-state index in [9.17, 15) is 8.42 Å². The van der Waals surface area contributed by atoms with Crippen molar-refractivity contribution in [1.29, 1.82) is 0 Å². The van der Waals surface area contributed by atoms with Crippen molar-refractivity contribution >= 4 is 21.6 Å². The van der Waals surface area contributed by atoms with Crippen LogP contribution >= 0.6 is 0 Å². The molecule has 0 aliphatic rings. The maximum atomic E-state index is 12.1. The summed E-state index contributed by atoms with van der Waals surface area (Å²) in [5, 5.41) is 2.96. The molecule has 0 saturated heterocycles. The Bertz CT molecular complexity index is 898. The van der Waals surface area contributed by atoms with Crippen molar-refractivity contribution in [2.24, 2.45) is 0 Å². The van der Waals surface area contributed by atoms with E-state index >= 15 is 0 Å². The lowest BCUT2D eigenvalue weighted by atomic mass is 10.0. The van der Waals surface area contributed by atoms with Crippen LogP contribution in [0, 0.1) is 0 Å². The Labute approximate surface area is 153 Å². The Morgan fingerprint density at radius 2 is 1.92 bits per heavy atom. The maximum absolute atomic E-state index is 12.1. The highest BCUT2D eigenvalue weighted by molar-refractivity contribution is 7.90. The van der Waals surface area contributed by atoms with Gasteiger partial charge in [-0.15, -0.1) is 0 Å². The van der Waals surface area contributed by atoms with Gasteiger partial charge in [0.2, 0.25) is 5.95 Å². The van der Waals surface area contributed by atoms with E-state index in [1.165, 1.54) is 19.4 Å². The Morgan fingerprint density at radius 3 is 2.42 bits per heavy atom. The van der Waals surface area contributed by atoms with Gasteiger partial charge < -0.3 is 20.5 Å². The summed E-state index contributed by atoms with van der Waals surface area (Å²) in [7, 11) is -2.07. The molecule has 1 heterocycles. The number of benzene rings is 1. The monoisotopic (exact) mass is 380 g/mol. The van der Waals surface area contributed by atoms with Crippen molar-refractivity contribution < 1.29 is 17.9 Å². The average molecular weight is 380 g/mol. The van der Waals surface area contributed by atoms with Crippen molar-refractivity contribution in [2.75, 3.05) is 31.0 Å². The molecule has 0 unspecified atom stereocenters. The van der Waals surface area contributed by atoms with Gasteiger partial charge in [0.1, 0.15) is 16.4 Å². The lowest BCUT2D eigenvalue weighted by Crippen LogP contribution is -2.07. The lowest BCUT2D eigenvalue weighted by molar-refractivity contribution is 0.398. The Morgan fingerprint density at radius 1 is 1.23 bits per heavy atom. The quantitative estimate of drug-likeness (QED) is 0.753. The standard InChI is InChI=1S/C17H24N4O4S/c1-6-19-17-20-9-14(16(18)21-17)25-12-8-15(26(5,22)23)13(24-4)7-11(12)10(2)3/h7-10H,6H2,1-5H3,(H3,18,19,20,21). The zero-order chi connectivity index (χ0) is 19.5. The minimum Gasteiger partial charge on any atom is -0.495 e. The van der Waals surface area contributed by atoms with Crippen LogP contribution in [0.4, 0.5) is 11.8 Å². The summed E-state index contributed by atoms with van der Waals surface area (Å²) < 4.78 is 35.3. The van der Waals surface area contributed by atoms with Crippen LogP contribution in [-0.4, -0.2) is 38.3 Å². The number of sulfone groups is 1. The normalized spacial score (nSPS) is 11.5. The molecule has 142 valence electrons. The van der Waals surface area contributed by atoms with Crippen LogP contribution in [0.15, 0.2) is 23.2 Å². The first-order valence-corrected chi connectivity index (χ1v) is 10.0. The fraction of sp³-hybridized carbons (Fsp3) is 0.412. The van der Waals surface area contributed by atoms with Crippen LogP contribution in [0.3, 0.4) is 0 Å². The van der Waals surface area contributed by atoms with Crippen LogP contribution in [0.1, 0.15) is 32.3 Å². The van der Waals surface area contributed by atoms with Crippen LogP contribution < -0.4 is 20.5 Å². The lowest BCUT2D eigenvalue weighted by Gasteiger charge is -2.18. The van der Waals surface area contributed by atoms with Gasteiger partial charge in [-0.05, 0) is 18.9 Å². The summed E-state index contributed by atoms with van der Waals surface area (Å²) >= 11 is 0. The summed E-state index contributed by atoms with van der Waals surface area (Å²) in [6.45, 7) is 6.52. The van der Waals surface area contributed by atoms with Crippen molar-refractivity contribution in [1.82, 2.24) is 9.97 Å². The van der Waals surface area contributed by atoms with Crippen molar-refractivity contribution in [2.45, 2.75) is 31.6 Å². The number of aromatic nitrogens is 2. The second-order valence-corrected chi connectivity index (χ2v) is 8.03. The molecule has 1 aromatic carbocycles. The van der Waals surface area contributed by atoms with Gasteiger partial charge in [-0.2, -0.15) is 4.98 Å². The molecule has 0 bridgehead atoms. The predicted molar refractivity (Wildman–Crippen MR) is 101 cm³/mol. The summed E-state index contributed by atoms with van der Waals surface area (Å²) in [5.41, 5.74) is 6.73. The predicted octanol–water partition coefficient (Wildman–Crippen LogP) is 2.82. The third-order valence-electron chi connectivity index (χ3n) is 3.66. The van der Waals surface area contributed by atoms with E-state index in [0.29, 0.717) is 18.2 Å². The van der Waals surface area contributed by atoms with E-state index in [-0.39, 0.29) is 28.1 Å². The Balaban J connectivity index is 2.54. The third kappa shape index (κ3) is 4.34. The zero-order valence-electron chi connectivity index (χ0n) is 15.5. The highest BCUT2D eigenvalue weighted by atomic mass is 32.2. The van der Waals surface area contributed by atoms with E-state index < -0.39 is 9.84 Å². The van der Waals surface area contributed by atoms with Crippen LogP contribution in [-0.2, 0) is 9.84 Å². The highest BCUT2D eigenvalue weighted by Gasteiger charge is 2.21. The van der Waals surface area contributed by atoms with Gasteiger partial charge in [0, 0.05) is 24.4 Å². The molecule has 0 radical (unpaired) electrons. The molecule has 2 rings (SSSR count). The second kappa shape index (κ2) is 7.77. The second-order valence-electron chi connectivity index (χ2n) is 6.04. The number of methoxy groups -OCH3 is 1. The topological polar surface area (TPSA) is 116 Å². The number of nitrogen functional groups attached to an aromatic ring is 1. The summed E-state index contributed by atoms with van der Waals surface area (Å²) in [5.74, 6) is 1.51. The summed E-state index contributed by atoms with van der Waals surface area (Å²) in [4.78, 5) is 8.31. The van der Waals surface area contributed by atoms with Crippen LogP contribution in [0.2, 0.25) is 0 Å². The first kappa shape index (κ1) is 19.8. The fourth-order valence-corrected chi connectivity index (χ4v) is 3.20. The smallest absolute Gasteiger partial charge is 0.224 e. The number of rotatable bonds is 7. The number of hydrogen-bond acceptors (Lipinski definition) is 8. The van der Waals surface area contributed by atoms with Crippen LogP contribution in [0.25, 0.3) is 0 Å². The number of anilines is 2. The molecule has 0 saturated carbocycles. The highest BCUT2D eigenvalue weighted by Crippen LogP contribution is 2.39. The molecular weight excluding hydrogens is 356 g/mol. The molecule has 0 atom stereocenters. The van der Waals surface area contributed by atoms with E-state index in [2.05, 4.69) is 15.3 Å². The number of nitrogens with one attached hydrogen (secondary N) is 1. The molecule has 8 nitrogen and oxygen atoms in total. The van der Waals surface area contributed by atoms with Gasteiger partial charge in [0.25, 0.3) is 0 Å². The minimum absolute atomic E-state index is 0.0446. The SMILES string of the molecule is CCNc1ncc(Oc2cc(S(C)(=O)=O)c(OC)cc2C(C)C)c(N)n1. The largest absolute Gasteiger partial charge is 0.495 e. The van der Waals surface area contributed by atoms with Gasteiger partial charge in [0.15, 0.2) is 21.4 Å². The van der Waals surface area contributed by atoms with E-state index in [0.717, 1.165) is 11.8 Å². The van der Waals surface area contributed by atoms with Gasteiger partial charge in [-0.3, -0.25) is 0 Å². The molecular formula is C17H24N4O4S. The van der Waals surface area contributed by atoms with E-state index in [1.807, 2.05) is 20.8 Å². The fourth-order valence-electron chi connectivity index (χ4n) is 2.37. The first-order valence-electron chi connectivity index (χ1n) is 8.13. The zero-order valence-corrected chi connectivity index (χ0v) is 16.3. The van der Waals surface area contributed by atoms with Crippen LogP contribution in [0.5, 0.6) is 17.2 Å². The summed E-state index contributed by atoms with van der Waals surface area (Å²) in [6.07, 6.45) is 2.57. The number of hydrogen-bond donors (Lipinski definition) is 2.